The smallest absolute Gasteiger partial charge is 0.226 e. The zero-order valence-electron chi connectivity index (χ0n) is 8.73. The molecule has 1 aromatic heterocycles. The largest absolute Gasteiger partial charge is 0.396 e. The number of nitrogens with zero attached hydrogens (tertiary/aromatic N) is 3. The van der Waals surface area contributed by atoms with Crippen molar-refractivity contribution in [2.24, 2.45) is 0 Å². The van der Waals surface area contributed by atoms with E-state index in [1.165, 1.54) is 0 Å². The monoisotopic (exact) mass is 199 g/mol. The molecule has 0 atom stereocenters. The van der Waals surface area contributed by atoms with Crippen molar-refractivity contribution >= 4 is 0 Å². The molecule has 0 aliphatic heterocycles. The molecule has 0 saturated carbocycles. The maximum atomic E-state index is 8.60. The quantitative estimate of drug-likeness (QED) is 0.674. The number of unbranched alkanes of at least 4 members (excludes halogenated alkanes) is 1. The highest BCUT2D eigenvalue weighted by molar-refractivity contribution is 4.85. The predicted octanol–water partition coefficient (Wildman–Crippen LogP) is 0.446. The zero-order chi connectivity index (χ0) is 10.4. The number of hydrogen-bond donors (Lipinski definition) is 1. The third-order valence-corrected chi connectivity index (χ3v) is 1.77. The molecule has 0 fully saturated rings. The van der Waals surface area contributed by atoms with Crippen molar-refractivity contribution < 1.29 is 9.63 Å². The van der Waals surface area contributed by atoms with Crippen LogP contribution in [0.4, 0.5) is 0 Å². The summed E-state index contributed by atoms with van der Waals surface area (Å²) in [5.41, 5.74) is 0. The van der Waals surface area contributed by atoms with Crippen molar-refractivity contribution in [2.45, 2.75) is 25.8 Å². The van der Waals surface area contributed by atoms with E-state index in [2.05, 4.69) is 10.1 Å². The lowest BCUT2D eigenvalue weighted by Crippen LogP contribution is -2.11. The van der Waals surface area contributed by atoms with Crippen molar-refractivity contribution in [3.05, 3.63) is 11.7 Å². The van der Waals surface area contributed by atoms with Crippen LogP contribution in [-0.4, -0.2) is 40.8 Å². The van der Waals surface area contributed by atoms with Crippen LogP contribution in [0.1, 0.15) is 24.6 Å². The Morgan fingerprint density at radius 2 is 2.14 bits per heavy atom. The molecule has 0 aliphatic rings. The van der Waals surface area contributed by atoms with E-state index in [0.29, 0.717) is 18.3 Å². The van der Waals surface area contributed by atoms with Gasteiger partial charge in [-0.15, -0.1) is 0 Å². The highest BCUT2D eigenvalue weighted by Gasteiger charge is 2.06. The normalized spacial score (nSPS) is 11.1. The molecule has 0 aliphatic carbocycles. The van der Waals surface area contributed by atoms with E-state index in [0.717, 1.165) is 19.3 Å². The summed E-state index contributed by atoms with van der Waals surface area (Å²) in [6, 6.07) is 0. The van der Waals surface area contributed by atoms with Crippen LogP contribution in [0.3, 0.4) is 0 Å². The average Bonchev–Trinajstić information content (AvgIpc) is 2.52. The minimum absolute atomic E-state index is 0.221. The second kappa shape index (κ2) is 5.72. The summed E-state index contributed by atoms with van der Waals surface area (Å²) in [5.74, 6) is 1.38. The van der Waals surface area contributed by atoms with Gasteiger partial charge < -0.3 is 14.5 Å². The van der Waals surface area contributed by atoms with Gasteiger partial charge in [-0.25, -0.2) is 0 Å². The third kappa shape index (κ3) is 3.85. The van der Waals surface area contributed by atoms with Gasteiger partial charge in [0.15, 0.2) is 5.82 Å². The number of aromatic nitrogens is 2. The van der Waals surface area contributed by atoms with Crippen LogP contribution in [0, 0.1) is 0 Å². The highest BCUT2D eigenvalue weighted by atomic mass is 16.5. The maximum absolute atomic E-state index is 8.60. The van der Waals surface area contributed by atoms with E-state index in [1.807, 2.05) is 19.0 Å². The van der Waals surface area contributed by atoms with Crippen molar-refractivity contribution in [2.75, 3.05) is 20.7 Å². The fourth-order valence-electron chi connectivity index (χ4n) is 1.13. The molecule has 1 heterocycles. The molecule has 14 heavy (non-hydrogen) atoms. The summed E-state index contributed by atoms with van der Waals surface area (Å²) in [6.45, 7) is 0.919. The number of rotatable bonds is 6. The lowest BCUT2D eigenvalue weighted by Gasteiger charge is -2.03. The molecule has 0 radical (unpaired) electrons. The van der Waals surface area contributed by atoms with Crippen LogP contribution in [0.25, 0.3) is 0 Å². The standard InChI is InChI=1S/C9H17N3O2/c1-12(2)7-8-10-9(14-11-8)5-3-4-6-13/h13H,3-7H2,1-2H3. The number of hydrogen-bond acceptors (Lipinski definition) is 5. The topological polar surface area (TPSA) is 62.4 Å². The van der Waals surface area contributed by atoms with Crippen LogP contribution in [0.5, 0.6) is 0 Å². The van der Waals surface area contributed by atoms with Crippen LogP contribution >= 0.6 is 0 Å². The second-order valence-corrected chi connectivity index (χ2v) is 3.52. The summed E-state index contributed by atoms with van der Waals surface area (Å²) < 4.78 is 5.04. The van der Waals surface area contributed by atoms with Gasteiger partial charge >= 0.3 is 0 Å². The molecule has 1 aromatic rings. The van der Waals surface area contributed by atoms with Crippen LogP contribution < -0.4 is 0 Å². The summed E-state index contributed by atoms with van der Waals surface area (Å²) in [7, 11) is 3.92. The fraction of sp³-hybridized carbons (Fsp3) is 0.778. The van der Waals surface area contributed by atoms with Crippen molar-refractivity contribution in [3.8, 4) is 0 Å². The SMILES string of the molecule is CN(C)Cc1noc(CCCCO)n1. The molecule has 0 unspecified atom stereocenters. The van der Waals surface area contributed by atoms with Gasteiger partial charge in [-0.05, 0) is 26.9 Å². The lowest BCUT2D eigenvalue weighted by molar-refractivity contribution is 0.280. The molecule has 5 heteroatoms. The van der Waals surface area contributed by atoms with Gasteiger partial charge in [0.25, 0.3) is 0 Å². The van der Waals surface area contributed by atoms with Gasteiger partial charge in [0, 0.05) is 13.0 Å². The zero-order valence-corrected chi connectivity index (χ0v) is 8.73. The number of aryl methyl sites for hydroxylation is 1. The summed E-state index contributed by atoms with van der Waals surface area (Å²) in [4.78, 5) is 6.21. The van der Waals surface area contributed by atoms with Crippen LogP contribution in [0.2, 0.25) is 0 Å². The molecule has 0 aromatic carbocycles. The molecule has 80 valence electrons. The summed E-state index contributed by atoms with van der Waals surface area (Å²) in [6.07, 6.45) is 2.42. The summed E-state index contributed by atoms with van der Waals surface area (Å²) in [5, 5.41) is 12.4. The van der Waals surface area contributed by atoms with Gasteiger partial charge in [0.2, 0.25) is 5.89 Å². The first kappa shape index (κ1) is 11.1. The van der Waals surface area contributed by atoms with E-state index < -0.39 is 0 Å². The van der Waals surface area contributed by atoms with Crippen molar-refractivity contribution in [1.82, 2.24) is 15.0 Å². The first-order chi connectivity index (χ1) is 6.72. The van der Waals surface area contributed by atoms with E-state index in [-0.39, 0.29) is 6.61 Å². The Morgan fingerprint density at radius 1 is 1.36 bits per heavy atom. The Balaban J connectivity index is 2.35. The Morgan fingerprint density at radius 3 is 2.79 bits per heavy atom. The molecular formula is C9H17N3O2. The van der Waals surface area contributed by atoms with Crippen molar-refractivity contribution in [3.63, 3.8) is 0 Å². The molecule has 1 rings (SSSR count). The van der Waals surface area contributed by atoms with Crippen LogP contribution in [0.15, 0.2) is 4.52 Å². The molecule has 0 bridgehead atoms. The minimum atomic E-state index is 0.221. The Hall–Kier alpha value is -0.940. The predicted molar refractivity (Wildman–Crippen MR) is 51.7 cm³/mol. The van der Waals surface area contributed by atoms with E-state index in [9.17, 15) is 0 Å². The maximum Gasteiger partial charge on any atom is 0.226 e. The van der Waals surface area contributed by atoms with Gasteiger partial charge in [-0.1, -0.05) is 5.16 Å². The average molecular weight is 199 g/mol. The Labute approximate surface area is 83.7 Å². The molecule has 0 spiro atoms. The number of aliphatic hydroxyl groups is 1. The molecule has 0 amide bonds. The minimum Gasteiger partial charge on any atom is -0.396 e. The highest BCUT2D eigenvalue weighted by Crippen LogP contribution is 2.03. The lowest BCUT2D eigenvalue weighted by atomic mass is 10.2. The van der Waals surface area contributed by atoms with Gasteiger partial charge in [-0.2, -0.15) is 4.98 Å². The Kier molecular flexibility index (Phi) is 4.55. The first-order valence-corrected chi connectivity index (χ1v) is 4.79. The molecular weight excluding hydrogens is 182 g/mol. The molecule has 5 nitrogen and oxygen atoms in total. The van der Waals surface area contributed by atoms with Gasteiger partial charge in [0.05, 0.1) is 6.54 Å². The van der Waals surface area contributed by atoms with E-state index >= 15 is 0 Å². The Bertz CT molecular complexity index is 260. The van der Waals surface area contributed by atoms with Gasteiger partial charge in [-0.3, -0.25) is 0 Å². The first-order valence-electron chi connectivity index (χ1n) is 4.79. The summed E-state index contributed by atoms with van der Waals surface area (Å²) >= 11 is 0. The number of aliphatic hydroxyl groups excluding tert-OH is 1. The fourth-order valence-corrected chi connectivity index (χ4v) is 1.13. The third-order valence-electron chi connectivity index (χ3n) is 1.77. The molecule has 1 N–H and O–H groups in total. The van der Waals surface area contributed by atoms with E-state index in [1.54, 1.807) is 0 Å². The second-order valence-electron chi connectivity index (χ2n) is 3.52. The van der Waals surface area contributed by atoms with Gasteiger partial charge in [0.1, 0.15) is 0 Å². The van der Waals surface area contributed by atoms with Crippen LogP contribution in [-0.2, 0) is 13.0 Å². The molecule has 0 saturated heterocycles. The van der Waals surface area contributed by atoms with Crippen molar-refractivity contribution in [1.29, 1.82) is 0 Å². The van der Waals surface area contributed by atoms with E-state index in [4.69, 9.17) is 9.63 Å².